The van der Waals surface area contributed by atoms with Crippen LogP contribution < -0.4 is 19.1 Å². The Morgan fingerprint density at radius 2 is 1.92 bits per heavy atom. The molecule has 0 bridgehead atoms. The number of hydrogen-bond acceptors (Lipinski definition) is 5. The Balaban J connectivity index is 1.41. The molecule has 0 unspecified atom stereocenters. The molecule has 1 N–H and O–H groups in total. The van der Waals surface area contributed by atoms with Gasteiger partial charge < -0.3 is 14.4 Å². The lowest BCUT2D eigenvalue weighted by Gasteiger charge is -2.19. The highest BCUT2D eigenvalue weighted by Crippen LogP contribution is 2.33. The Morgan fingerprint density at radius 1 is 1.08 bits per heavy atom. The van der Waals surface area contributed by atoms with E-state index < -0.39 is 10.0 Å². The van der Waals surface area contributed by atoms with Crippen molar-refractivity contribution >= 4 is 15.7 Å². The van der Waals surface area contributed by atoms with Crippen molar-refractivity contribution in [3.8, 4) is 11.5 Å². The van der Waals surface area contributed by atoms with Gasteiger partial charge in [-0.2, -0.15) is 0 Å². The van der Waals surface area contributed by atoms with Crippen LogP contribution >= 0.6 is 0 Å². The lowest BCUT2D eigenvalue weighted by atomic mass is 10.2. The second-order valence-electron chi connectivity index (χ2n) is 5.78. The molecular weight excluding hydrogens is 328 g/mol. The minimum Gasteiger partial charge on any atom is -0.454 e. The van der Waals surface area contributed by atoms with Crippen LogP contribution in [-0.2, 0) is 16.4 Å². The van der Waals surface area contributed by atoms with Crippen LogP contribution in [-0.4, -0.2) is 34.8 Å². The van der Waals surface area contributed by atoms with Crippen LogP contribution in [0.1, 0.15) is 5.56 Å². The monoisotopic (exact) mass is 346 g/mol. The molecule has 0 amide bonds. The van der Waals surface area contributed by atoms with Gasteiger partial charge >= 0.3 is 0 Å². The molecule has 0 fully saturated rings. The maximum Gasteiger partial charge on any atom is 0.240 e. The summed E-state index contributed by atoms with van der Waals surface area (Å²) in [4.78, 5) is 2.39. The van der Waals surface area contributed by atoms with Crippen LogP contribution in [0.15, 0.2) is 47.4 Å². The van der Waals surface area contributed by atoms with Crippen molar-refractivity contribution in [2.75, 3.05) is 31.3 Å². The third kappa shape index (κ3) is 2.81. The lowest BCUT2D eigenvalue weighted by molar-refractivity contribution is 0.174. The number of hydrogen-bond donors (Lipinski definition) is 1. The minimum absolute atomic E-state index is 0.126. The third-order valence-corrected chi connectivity index (χ3v) is 5.77. The zero-order chi connectivity index (χ0) is 16.6. The molecule has 2 aromatic rings. The van der Waals surface area contributed by atoms with Crippen molar-refractivity contribution in [3.05, 3.63) is 48.0 Å². The van der Waals surface area contributed by atoms with Gasteiger partial charge in [-0.15, -0.1) is 0 Å². The van der Waals surface area contributed by atoms with Gasteiger partial charge in [0.15, 0.2) is 11.5 Å². The first-order valence-electron chi connectivity index (χ1n) is 7.86. The average molecular weight is 346 g/mol. The smallest absolute Gasteiger partial charge is 0.240 e. The topological polar surface area (TPSA) is 67.9 Å². The molecule has 0 saturated heterocycles. The van der Waals surface area contributed by atoms with Crippen molar-refractivity contribution in [3.63, 3.8) is 0 Å². The second kappa shape index (κ2) is 5.99. The van der Waals surface area contributed by atoms with Crippen molar-refractivity contribution < 1.29 is 17.9 Å². The molecule has 126 valence electrons. The Morgan fingerprint density at radius 3 is 2.83 bits per heavy atom. The van der Waals surface area contributed by atoms with Crippen molar-refractivity contribution in [1.29, 1.82) is 0 Å². The van der Waals surface area contributed by atoms with E-state index in [1.165, 1.54) is 23.4 Å². The fourth-order valence-electron chi connectivity index (χ4n) is 3.08. The maximum absolute atomic E-state index is 12.4. The number of sulfonamides is 1. The zero-order valence-electron chi connectivity index (χ0n) is 13.1. The Kier molecular flexibility index (Phi) is 3.82. The molecule has 2 aliphatic rings. The first-order chi connectivity index (χ1) is 11.6. The van der Waals surface area contributed by atoms with Crippen molar-refractivity contribution in [2.24, 2.45) is 0 Å². The van der Waals surface area contributed by atoms with Gasteiger partial charge in [0.25, 0.3) is 0 Å². The standard InChI is InChI=1S/C17H18N2O4S/c20-24(21,14-5-6-16-17(11-14)23-12-22-16)18-8-10-19-9-7-13-3-1-2-4-15(13)19/h1-6,11,18H,7-10,12H2. The van der Waals surface area contributed by atoms with Crippen molar-refractivity contribution in [1.82, 2.24) is 4.72 Å². The van der Waals surface area contributed by atoms with E-state index in [2.05, 4.69) is 21.8 Å². The molecule has 0 aliphatic carbocycles. The van der Waals surface area contributed by atoms with E-state index >= 15 is 0 Å². The molecular formula is C17H18N2O4S. The van der Waals surface area contributed by atoms with E-state index in [0.29, 0.717) is 24.6 Å². The van der Waals surface area contributed by atoms with Gasteiger partial charge in [-0.05, 0) is 30.2 Å². The van der Waals surface area contributed by atoms with Crippen LogP contribution in [0.2, 0.25) is 0 Å². The molecule has 0 saturated carbocycles. The molecule has 0 aromatic heterocycles. The number of ether oxygens (including phenoxy) is 2. The summed E-state index contributed by atoms with van der Waals surface area (Å²) in [6, 6.07) is 12.9. The van der Waals surface area contributed by atoms with Crippen LogP contribution in [0, 0.1) is 0 Å². The van der Waals surface area contributed by atoms with E-state index in [4.69, 9.17) is 9.47 Å². The number of nitrogens with zero attached hydrogens (tertiary/aromatic N) is 1. The number of fused-ring (bicyclic) bond motifs is 2. The predicted molar refractivity (Wildman–Crippen MR) is 90.1 cm³/mol. The fraction of sp³-hybridized carbons (Fsp3) is 0.294. The van der Waals surface area contributed by atoms with E-state index in [1.807, 2.05) is 12.1 Å². The molecule has 2 heterocycles. The summed E-state index contributed by atoms with van der Waals surface area (Å²) >= 11 is 0. The summed E-state index contributed by atoms with van der Waals surface area (Å²) in [5.41, 5.74) is 2.51. The third-order valence-electron chi connectivity index (χ3n) is 4.31. The highest BCUT2D eigenvalue weighted by Gasteiger charge is 2.21. The summed E-state index contributed by atoms with van der Waals surface area (Å²) in [6.45, 7) is 2.04. The highest BCUT2D eigenvalue weighted by molar-refractivity contribution is 7.89. The van der Waals surface area contributed by atoms with Gasteiger partial charge in [-0.3, -0.25) is 0 Å². The highest BCUT2D eigenvalue weighted by atomic mass is 32.2. The number of rotatable bonds is 5. The van der Waals surface area contributed by atoms with E-state index in [1.54, 1.807) is 6.07 Å². The molecule has 0 atom stereocenters. The van der Waals surface area contributed by atoms with E-state index in [-0.39, 0.29) is 11.7 Å². The maximum atomic E-state index is 12.4. The summed E-state index contributed by atoms with van der Waals surface area (Å²) < 4.78 is 37.9. The van der Waals surface area contributed by atoms with Gasteiger partial charge in [0, 0.05) is 31.4 Å². The lowest BCUT2D eigenvalue weighted by Crippen LogP contribution is -2.34. The van der Waals surface area contributed by atoms with Crippen LogP contribution in [0.25, 0.3) is 0 Å². The molecule has 0 spiro atoms. The van der Waals surface area contributed by atoms with Crippen LogP contribution in [0.3, 0.4) is 0 Å². The predicted octanol–water partition coefficient (Wildman–Crippen LogP) is 1.76. The first kappa shape index (κ1) is 15.3. The number of anilines is 1. The summed E-state index contributed by atoms with van der Waals surface area (Å²) in [7, 11) is -3.56. The van der Waals surface area contributed by atoms with Crippen molar-refractivity contribution in [2.45, 2.75) is 11.3 Å². The molecule has 4 rings (SSSR count). The summed E-state index contributed by atoms with van der Waals surface area (Å²) in [5.74, 6) is 1.04. The van der Waals surface area contributed by atoms with Gasteiger partial charge in [0.05, 0.1) is 4.90 Å². The first-order valence-corrected chi connectivity index (χ1v) is 9.34. The molecule has 24 heavy (non-hydrogen) atoms. The van der Waals surface area contributed by atoms with Gasteiger partial charge in [0.2, 0.25) is 16.8 Å². The quantitative estimate of drug-likeness (QED) is 0.893. The second-order valence-corrected chi connectivity index (χ2v) is 7.55. The number of benzene rings is 2. The Labute approximate surface area is 141 Å². The molecule has 2 aliphatic heterocycles. The molecule has 0 radical (unpaired) electrons. The summed E-state index contributed by atoms with van der Waals surface area (Å²) in [6.07, 6.45) is 1.01. The molecule has 2 aromatic carbocycles. The van der Waals surface area contributed by atoms with E-state index in [9.17, 15) is 8.42 Å². The minimum atomic E-state index is -3.56. The Hall–Kier alpha value is -2.25. The summed E-state index contributed by atoms with van der Waals surface area (Å²) in [5, 5.41) is 0. The SMILES string of the molecule is O=S(=O)(NCCN1CCc2ccccc21)c1ccc2c(c1)OCO2. The number of para-hydroxylation sites is 1. The van der Waals surface area contributed by atoms with Crippen LogP contribution in [0.5, 0.6) is 11.5 Å². The molecule has 7 heteroatoms. The Bertz CT molecular complexity index is 867. The van der Waals surface area contributed by atoms with Gasteiger partial charge in [-0.25, -0.2) is 13.1 Å². The van der Waals surface area contributed by atoms with Crippen LogP contribution in [0.4, 0.5) is 5.69 Å². The van der Waals surface area contributed by atoms with Gasteiger partial charge in [0.1, 0.15) is 0 Å². The fourth-order valence-corrected chi connectivity index (χ4v) is 4.12. The van der Waals surface area contributed by atoms with E-state index in [0.717, 1.165) is 13.0 Å². The number of nitrogens with one attached hydrogen (secondary N) is 1. The largest absolute Gasteiger partial charge is 0.454 e. The zero-order valence-corrected chi connectivity index (χ0v) is 13.9. The normalized spacial score (nSPS) is 15.6. The van der Waals surface area contributed by atoms with Gasteiger partial charge in [-0.1, -0.05) is 18.2 Å². The molecule has 6 nitrogen and oxygen atoms in total. The average Bonchev–Trinajstić information content (AvgIpc) is 3.21.